The van der Waals surface area contributed by atoms with E-state index in [0.29, 0.717) is 6.54 Å². The number of hydrogen-bond donors (Lipinski definition) is 2. The van der Waals surface area contributed by atoms with Crippen LogP contribution in [0.15, 0.2) is 15.8 Å². The Kier molecular flexibility index (Phi) is 4.08. The first-order chi connectivity index (χ1) is 8.01. The Hall–Kier alpha value is -2.05. The number of aromatic nitrogens is 2. The lowest BCUT2D eigenvalue weighted by Crippen LogP contribution is -2.41. The molecule has 0 radical (unpaired) electrons. The molecular formula is C10H16N4O3. The van der Waals surface area contributed by atoms with Gasteiger partial charge in [0.2, 0.25) is 5.91 Å². The van der Waals surface area contributed by atoms with Gasteiger partial charge in [-0.1, -0.05) is 0 Å². The maximum absolute atomic E-state index is 11.8. The van der Waals surface area contributed by atoms with Crippen LogP contribution in [0.2, 0.25) is 0 Å². The van der Waals surface area contributed by atoms with E-state index >= 15 is 0 Å². The van der Waals surface area contributed by atoms with Gasteiger partial charge in [0.25, 0.3) is 5.56 Å². The lowest BCUT2D eigenvalue weighted by molar-refractivity contribution is -0.120. The van der Waals surface area contributed by atoms with Crippen LogP contribution in [0.5, 0.6) is 0 Å². The Bertz CT molecular complexity index is 529. The molecule has 0 bridgehead atoms. The van der Waals surface area contributed by atoms with Crippen LogP contribution in [0, 0.1) is 0 Å². The van der Waals surface area contributed by atoms with Crippen molar-refractivity contribution in [1.29, 1.82) is 0 Å². The topological polar surface area (TPSA) is 99.1 Å². The van der Waals surface area contributed by atoms with E-state index in [-0.39, 0.29) is 24.6 Å². The van der Waals surface area contributed by atoms with E-state index in [1.54, 1.807) is 6.92 Å². The van der Waals surface area contributed by atoms with Crippen LogP contribution in [0.1, 0.15) is 13.3 Å². The van der Waals surface area contributed by atoms with E-state index < -0.39 is 11.2 Å². The molecule has 1 heterocycles. The third kappa shape index (κ3) is 2.74. The second-order valence-corrected chi connectivity index (χ2v) is 3.53. The fourth-order valence-electron chi connectivity index (χ4n) is 1.44. The number of rotatable bonds is 4. The van der Waals surface area contributed by atoms with Gasteiger partial charge in [-0.2, -0.15) is 0 Å². The van der Waals surface area contributed by atoms with Gasteiger partial charge in [0.05, 0.1) is 0 Å². The summed E-state index contributed by atoms with van der Waals surface area (Å²) in [6.45, 7) is 2.22. The molecule has 0 aliphatic carbocycles. The van der Waals surface area contributed by atoms with E-state index in [4.69, 9.17) is 5.73 Å². The minimum atomic E-state index is -0.552. The molecule has 7 heteroatoms. The molecule has 0 aromatic carbocycles. The molecule has 7 nitrogen and oxygen atoms in total. The number of carbonyl (C=O) groups is 1. The number of nitrogens with zero attached hydrogens (tertiary/aromatic N) is 2. The second kappa shape index (κ2) is 5.33. The summed E-state index contributed by atoms with van der Waals surface area (Å²) in [4.78, 5) is 34.5. The minimum absolute atomic E-state index is 0.00311. The van der Waals surface area contributed by atoms with E-state index in [1.807, 2.05) is 0 Å². The second-order valence-electron chi connectivity index (χ2n) is 3.53. The summed E-state index contributed by atoms with van der Waals surface area (Å²) in [7, 11) is 1.49. The Morgan fingerprint density at radius 3 is 2.65 bits per heavy atom. The highest BCUT2D eigenvalue weighted by molar-refractivity contribution is 5.75. The van der Waals surface area contributed by atoms with Crippen LogP contribution in [0.3, 0.4) is 0 Å². The third-order valence-electron chi connectivity index (χ3n) is 2.45. The Balaban J connectivity index is 3.14. The molecule has 17 heavy (non-hydrogen) atoms. The van der Waals surface area contributed by atoms with Crippen molar-refractivity contribution < 1.29 is 4.79 Å². The monoisotopic (exact) mass is 240 g/mol. The zero-order chi connectivity index (χ0) is 13.0. The van der Waals surface area contributed by atoms with E-state index in [2.05, 4.69) is 5.32 Å². The van der Waals surface area contributed by atoms with Crippen LogP contribution >= 0.6 is 0 Å². The number of nitrogens with one attached hydrogen (secondary N) is 1. The van der Waals surface area contributed by atoms with Gasteiger partial charge in [0.1, 0.15) is 5.69 Å². The number of aryl methyl sites for hydroxylation is 1. The zero-order valence-corrected chi connectivity index (χ0v) is 9.90. The lowest BCUT2D eigenvalue weighted by Gasteiger charge is -2.09. The molecule has 1 aromatic rings. The van der Waals surface area contributed by atoms with Crippen molar-refractivity contribution in [2.24, 2.45) is 0 Å². The van der Waals surface area contributed by atoms with E-state index in [0.717, 1.165) is 4.57 Å². The van der Waals surface area contributed by atoms with Crippen LogP contribution < -0.4 is 22.3 Å². The molecule has 3 N–H and O–H groups in total. The number of carbonyl (C=O) groups excluding carboxylic acids is 1. The quantitative estimate of drug-likeness (QED) is 0.686. The third-order valence-corrected chi connectivity index (χ3v) is 2.45. The molecule has 94 valence electrons. The summed E-state index contributed by atoms with van der Waals surface area (Å²) in [5.74, 6) is -0.234. The van der Waals surface area contributed by atoms with Crippen LogP contribution in [0.4, 0.5) is 5.69 Å². The first-order valence-corrected chi connectivity index (χ1v) is 5.31. The first kappa shape index (κ1) is 13.0. The highest BCUT2D eigenvalue weighted by Gasteiger charge is 2.09. The number of anilines is 1. The van der Waals surface area contributed by atoms with Crippen molar-refractivity contribution in [2.45, 2.75) is 26.4 Å². The number of nitrogens with two attached hydrogens (primary N) is 1. The fourth-order valence-corrected chi connectivity index (χ4v) is 1.44. The Morgan fingerprint density at radius 1 is 1.47 bits per heavy atom. The summed E-state index contributed by atoms with van der Waals surface area (Å²) < 4.78 is 2.31. The average molecular weight is 240 g/mol. The van der Waals surface area contributed by atoms with Crippen molar-refractivity contribution in [3.05, 3.63) is 27.0 Å². The highest BCUT2D eigenvalue weighted by atomic mass is 16.2. The molecule has 0 spiro atoms. The maximum atomic E-state index is 11.8. The maximum Gasteiger partial charge on any atom is 0.331 e. The first-order valence-electron chi connectivity index (χ1n) is 5.31. The van der Waals surface area contributed by atoms with Crippen LogP contribution in [0.25, 0.3) is 0 Å². The largest absolute Gasteiger partial charge is 0.393 e. The molecule has 0 saturated heterocycles. The molecule has 1 rings (SSSR count). The van der Waals surface area contributed by atoms with Crippen molar-refractivity contribution in [3.63, 3.8) is 0 Å². The zero-order valence-electron chi connectivity index (χ0n) is 9.90. The Labute approximate surface area is 97.9 Å². The van der Waals surface area contributed by atoms with Gasteiger partial charge >= 0.3 is 5.69 Å². The van der Waals surface area contributed by atoms with Gasteiger partial charge in [-0.25, -0.2) is 4.79 Å². The predicted molar refractivity (Wildman–Crippen MR) is 63.7 cm³/mol. The summed E-state index contributed by atoms with van der Waals surface area (Å²) >= 11 is 0. The van der Waals surface area contributed by atoms with Gasteiger partial charge in [-0.05, 0) is 6.92 Å². The number of amides is 1. The van der Waals surface area contributed by atoms with E-state index in [1.165, 1.54) is 17.8 Å². The van der Waals surface area contributed by atoms with Crippen LogP contribution in [-0.4, -0.2) is 22.1 Å². The van der Waals surface area contributed by atoms with Crippen molar-refractivity contribution >= 4 is 11.6 Å². The van der Waals surface area contributed by atoms with Crippen molar-refractivity contribution in [1.82, 2.24) is 14.5 Å². The highest BCUT2D eigenvalue weighted by Crippen LogP contribution is 1.91. The van der Waals surface area contributed by atoms with Gasteiger partial charge in [-0.3, -0.25) is 18.7 Å². The van der Waals surface area contributed by atoms with Gasteiger partial charge in [0, 0.05) is 32.8 Å². The molecule has 0 aliphatic rings. The average Bonchev–Trinajstić information content (AvgIpc) is 2.33. The predicted octanol–water partition coefficient (Wildman–Crippen LogP) is -1.25. The summed E-state index contributed by atoms with van der Waals surface area (Å²) in [6, 6.07) is 0. The molecule has 1 aromatic heterocycles. The molecular weight excluding hydrogens is 224 g/mol. The molecule has 0 saturated carbocycles. The summed E-state index contributed by atoms with van der Waals surface area (Å²) in [5.41, 5.74) is 4.51. The minimum Gasteiger partial charge on any atom is -0.393 e. The van der Waals surface area contributed by atoms with Gasteiger partial charge in [-0.15, -0.1) is 0 Å². The van der Waals surface area contributed by atoms with Crippen molar-refractivity contribution in [2.75, 3.05) is 12.8 Å². The smallest absolute Gasteiger partial charge is 0.331 e. The molecule has 0 atom stereocenters. The number of hydrogen-bond acceptors (Lipinski definition) is 4. The molecule has 0 fully saturated rings. The normalized spacial score (nSPS) is 10.2. The summed E-state index contributed by atoms with van der Waals surface area (Å²) in [5, 5.41) is 2.42. The molecule has 0 unspecified atom stereocenters. The van der Waals surface area contributed by atoms with Crippen molar-refractivity contribution in [3.8, 4) is 0 Å². The standard InChI is InChI=1S/C10H16N4O3/c1-3-13-6-7(11)9(16)14(10(13)17)5-4-8(15)12-2/h6H,3-5,11H2,1-2H3,(H,12,15). The molecule has 1 amide bonds. The van der Waals surface area contributed by atoms with Gasteiger partial charge < -0.3 is 11.1 Å². The van der Waals surface area contributed by atoms with E-state index in [9.17, 15) is 14.4 Å². The lowest BCUT2D eigenvalue weighted by atomic mass is 10.4. The number of nitrogen functional groups attached to an aromatic ring is 1. The van der Waals surface area contributed by atoms with Gasteiger partial charge in [0.15, 0.2) is 0 Å². The SMILES string of the molecule is CCn1cc(N)c(=O)n(CCC(=O)NC)c1=O. The summed E-state index contributed by atoms with van der Waals surface area (Å²) in [6.07, 6.45) is 1.39. The Morgan fingerprint density at radius 2 is 2.12 bits per heavy atom. The fraction of sp³-hybridized carbons (Fsp3) is 0.500. The molecule has 0 aliphatic heterocycles. The van der Waals surface area contributed by atoms with Crippen LogP contribution in [-0.2, 0) is 17.9 Å².